The van der Waals surface area contributed by atoms with E-state index in [1.165, 1.54) is 18.2 Å². The highest BCUT2D eigenvalue weighted by Gasteiger charge is 2.10. The summed E-state index contributed by atoms with van der Waals surface area (Å²) in [5.74, 6) is 0. The van der Waals surface area contributed by atoms with Crippen LogP contribution in [0.25, 0.3) is 0 Å². The Morgan fingerprint density at radius 2 is 1.23 bits per heavy atom. The Morgan fingerprint density at radius 3 is 1.59 bits per heavy atom. The van der Waals surface area contributed by atoms with Crippen LogP contribution >= 0.6 is 0 Å². The lowest BCUT2D eigenvalue weighted by molar-refractivity contribution is 0.480. The monoisotopic (exact) mass is 344 g/mol. The van der Waals surface area contributed by atoms with Crippen LogP contribution in [0.15, 0.2) is 58.3 Å². The minimum Gasteiger partial charge on any atom is -0.282 e. The van der Waals surface area contributed by atoms with E-state index >= 15 is 0 Å². The van der Waals surface area contributed by atoms with Crippen LogP contribution in [-0.4, -0.2) is 25.9 Å². The SMILES string of the molecule is Cc1ccc(S(=O)(=O)O)cc1.Cc1ccccc1S(=O)(=O)O. The van der Waals surface area contributed by atoms with Gasteiger partial charge in [-0.2, -0.15) is 16.8 Å². The number of hydrogen-bond acceptors (Lipinski definition) is 4. The Balaban J connectivity index is 0.000000220. The van der Waals surface area contributed by atoms with Gasteiger partial charge in [0.15, 0.2) is 0 Å². The van der Waals surface area contributed by atoms with Gasteiger partial charge in [-0.15, -0.1) is 0 Å². The van der Waals surface area contributed by atoms with Gasteiger partial charge in [0, 0.05) is 0 Å². The first-order valence-corrected chi connectivity index (χ1v) is 8.97. The van der Waals surface area contributed by atoms with Gasteiger partial charge in [-0.25, -0.2) is 0 Å². The maximum absolute atomic E-state index is 10.6. The molecule has 0 spiro atoms. The molecule has 120 valence electrons. The van der Waals surface area contributed by atoms with Crippen molar-refractivity contribution in [3.05, 3.63) is 59.7 Å². The van der Waals surface area contributed by atoms with E-state index in [1.807, 2.05) is 6.92 Å². The van der Waals surface area contributed by atoms with Crippen molar-refractivity contribution in [2.45, 2.75) is 23.6 Å². The molecular weight excluding hydrogens is 328 g/mol. The molecule has 2 aromatic carbocycles. The van der Waals surface area contributed by atoms with E-state index < -0.39 is 20.2 Å². The van der Waals surface area contributed by atoms with Crippen LogP contribution in [0.4, 0.5) is 0 Å². The molecule has 0 fully saturated rings. The predicted octanol–water partition coefficient (Wildman–Crippen LogP) is 2.48. The van der Waals surface area contributed by atoms with Crippen molar-refractivity contribution in [3.63, 3.8) is 0 Å². The third kappa shape index (κ3) is 5.57. The molecule has 0 aliphatic heterocycles. The van der Waals surface area contributed by atoms with E-state index in [2.05, 4.69) is 0 Å². The maximum Gasteiger partial charge on any atom is 0.294 e. The fourth-order valence-electron chi connectivity index (χ4n) is 1.56. The molecule has 0 radical (unpaired) electrons. The summed E-state index contributed by atoms with van der Waals surface area (Å²) < 4.78 is 59.4. The molecule has 0 amide bonds. The van der Waals surface area contributed by atoms with Gasteiger partial charge in [-0.05, 0) is 37.6 Å². The standard InChI is InChI=1S/2C7H8O3S/c1-6-2-4-7(5-3-6)11(8,9)10;1-6-4-2-3-5-7(6)11(8,9)10/h2*2-5H,1H3,(H,8,9,10). The predicted molar refractivity (Wildman–Crippen MR) is 82.0 cm³/mol. The van der Waals surface area contributed by atoms with E-state index in [0.29, 0.717) is 5.56 Å². The fraction of sp³-hybridized carbons (Fsp3) is 0.143. The number of benzene rings is 2. The van der Waals surface area contributed by atoms with Gasteiger partial charge >= 0.3 is 0 Å². The van der Waals surface area contributed by atoms with Crippen LogP contribution in [0.1, 0.15) is 11.1 Å². The molecule has 0 saturated heterocycles. The molecule has 0 heterocycles. The van der Waals surface area contributed by atoms with Crippen LogP contribution in [0.5, 0.6) is 0 Å². The number of hydrogen-bond donors (Lipinski definition) is 2. The Labute approximate surface area is 129 Å². The molecule has 0 atom stereocenters. The zero-order chi connectivity index (χ0) is 17.0. The third-order valence-corrected chi connectivity index (χ3v) is 4.57. The average Bonchev–Trinajstić information content (AvgIpc) is 2.38. The second-order valence-corrected chi connectivity index (χ2v) is 7.34. The summed E-state index contributed by atoms with van der Waals surface area (Å²) in [6.07, 6.45) is 0. The van der Waals surface area contributed by atoms with Gasteiger partial charge in [-0.3, -0.25) is 9.11 Å². The highest BCUT2D eigenvalue weighted by Crippen LogP contribution is 2.12. The number of rotatable bonds is 2. The summed E-state index contributed by atoms with van der Waals surface area (Å²) in [6.45, 7) is 3.47. The van der Waals surface area contributed by atoms with E-state index in [9.17, 15) is 16.8 Å². The van der Waals surface area contributed by atoms with Crippen molar-refractivity contribution in [3.8, 4) is 0 Å². The highest BCUT2D eigenvalue weighted by atomic mass is 32.2. The number of aryl methyl sites for hydroxylation is 2. The average molecular weight is 344 g/mol. The highest BCUT2D eigenvalue weighted by molar-refractivity contribution is 7.86. The van der Waals surface area contributed by atoms with Crippen LogP contribution in [0, 0.1) is 13.8 Å². The van der Waals surface area contributed by atoms with E-state index in [-0.39, 0.29) is 9.79 Å². The van der Waals surface area contributed by atoms with Gasteiger partial charge in [0.1, 0.15) is 0 Å². The molecule has 8 heteroatoms. The minimum absolute atomic E-state index is 0.0278. The lowest BCUT2D eigenvalue weighted by Gasteiger charge is -1.99. The second-order valence-electron chi connectivity index (χ2n) is 4.53. The van der Waals surface area contributed by atoms with Crippen molar-refractivity contribution < 1.29 is 25.9 Å². The van der Waals surface area contributed by atoms with E-state index in [1.54, 1.807) is 37.3 Å². The Bertz CT molecular complexity index is 837. The first-order chi connectivity index (χ1) is 10.0. The van der Waals surface area contributed by atoms with Gasteiger partial charge in [-0.1, -0.05) is 35.9 Å². The van der Waals surface area contributed by atoms with E-state index in [0.717, 1.165) is 5.56 Å². The molecule has 0 bridgehead atoms. The summed E-state index contributed by atoms with van der Waals surface area (Å²) in [7, 11) is -8.05. The molecule has 2 N–H and O–H groups in total. The second kappa shape index (κ2) is 7.01. The largest absolute Gasteiger partial charge is 0.294 e. The Morgan fingerprint density at radius 1 is 0.727 bits per heavy atom. The molecule has 6 nitrogen and oxygen atoms in total. The quantitative estimate of drug-likeness (QED) is 0.810. The molecule has 0 aromatic heterocycles. The normalized spacial score (nSPS) is 11.5. The summed E-state index contributed by atoms with van der Waals surface area (Å²) in [5.41, 5.74) is 1.51. The van der Waals surface area contributed by atoms with Crippen molar-refractivity contribution in [1.82, 2.24) is 0 Å². The fourth-order valence-corrected chi connectivity index (χ4v) is 2.76. The summed E-state index contributed by atoms with van der Waals surface area (Å²) in [4.78, 5) is -0.0944. The summed E-state index contributed by atoms with van der Waals surface area (Å²) in [5, 5.41) is 0. The summed E-state index contributed by atoms with van der Waals surface area (Å²) in [6, 6.07) is 12.3. The van der Waals surface area contributed by atoms with Gasteiger partial charge < -0.3 is 0 Å². The van der Waals surface area contributed by atoms with Gasteiger partial charge in [0.2, 0.25) is 0 Å². The first kappa shape index (κ1) is 18.3. The first-order valence-electron chi connectivity index (χ1n) is 6.09. The third-order valence-electron chi connectivity index (χ3n) is 2.69. The zero-order valence-electron chi connectivity index (χ0n) is 12.0. The minimum atomic E-state index is -4.03. The topological polar surface area (TPSA) is 109 Å². The molecule has 2 rings (SSSR count). The Kier molecular flexibility index (Phi) is 5.84. The lowest BCUT2D eigenvalue weighted by Crippen LogP contribution is -1.99. The molecule has 0 aliphatic carbocycles. The van der Waals surface area contributed by atoms with Crippen molar-refractivity contribution in [1.29, 1.82) is 0 Å². The van der Waals surface area contributed by atoms with Crippen LogP contribution in [0.3, 0.4) is 0 Å². The molecule has 0 unspecified atom stereocenters. The maximum atomic E-state index is 10.6. The van der Waals surface area contributed by atoms with Crippen LogP contribution in [0.2, 0.25) is 0 Å². The molecule has 0 aliphatic rings. The molecule has 22 heavy (non-hydrogen) atoms. The van der Waals surface area contributed by atoms with Gasteiger partial charge in [0.05, 0.1) is 9.79 Å². The van der Waals surface area contributed by atoms with Crippen molar-refractivity contribution >= 4 is 20.2 Å². The van der Waals surface area contributed by atoms with Gasteiger partial charge in [0.25, 0.3) is 20.2 Å². The lowest BCUT2D eigenvalue weighted by atomic mass is 10.2. The van der Waals surface area contributed by atoms with Crippen molar-refractivity contribution in [2.75, 3.05) is 0 Å². The molecule has 0 saturated carbocycles. The molecule has 2 aromatic rings. The smallest absolute Gasteiger partial charge is 0.282 e. The van der Waals surface area contributed by atoms with Crippen LogP contribution in [-0.2, 0) is 20.2 Å². The zero-order valence-corrected chi connectivity index (χ0v) is 13.6. The van der Waals surface area contributed by atoms with E-state index in [4.69, 9.17) is 9.11 Å². The molecular formula is C14H16O6S2. The Hall–Kier alpha value is -1.74. The van der Waals surface area contributed by atoms with Crippen LogP contribution < -0.4 is 0 Å². The summed E-state index contributed by atoms with van der Waals surface area (Å²) >= 11 is 0. The van der Waals surface area contributed by atoms with Crippen molar-refractivity contribution in [2.24, 2.45) is 0 Å².